The molecule has 8 nitrogen and oxygen atoms in total. The Kier molecular flexibility index (Phi) is 6.55. The molecule has 0 spiro atoms. The van der Waals surface area contributed by atoms with Gasteiger partial charge in [-0.1, -0.05) is 12.8 Å². The molecule has 140 valence electrons. The van der Waals surface area contributed by atoms with Gasteiger partial charge >= 0.3 is 0 Å². The van der Waals surface area contributed by atoms with Crippen molar-refractivity contribution in [3.63, 3.8) is 0 Å². The molecule has 0 aliphatic heterocycles. The van der Waals surface area contributed by atoms with Crippen molar-refractivity contribution in [1.29, 1.82) is 0 Å². The Morgan fingerprint density at radius 3 is 2.88 bits per heavy atom. The van der Waals surface area contributed by atoms with Gasteiger partial charge in [-0.3, -0.25) is 14.3 Å². The number of nitrogens with two attached hydrogens (primary N) is 1. The molecule has 25 heavy (non-hydrogen) atoms. The van der Waals surface area contributed by atoms with Gasteiger partial charge in [-0.15, -0.1) is 0 Å². The molecule has 1 saturated carbocycles. The molecule has 2 amide bonds. The van der Waals surface area contributed by atoms with Crippen LogP contribution in [0.15, 0.2) is 12.4 Å². The quantitative estimate of drug-likeness (QED) is 0.660. The Bertz CT molecular complexity index is 596. The Morgan fingerprint density at radius 1 is 1.44 bits per heavy atom. The van der Waals surface area contributed by atoms with Gasteiger partial charge < -0.3 is 21.3 Å². The topological polar surface area (TPSA) is 105 Å². The van der Waals surface area contributed by atoms with Gasteiger partial charge in [-0.2, -0.15) is 5.10 Å². The number of carbonyl (C=O) groups excluding carboxylic acids is 2. The zero-order chi connectivity index (χ0) is 18.4. The molecule has 2 rings (SSSR count). The van der Waals surface area contributed by atoms with E-state index in [1.807, 2.05) is 25.9 Å². The number of nitrogens with zero attached hydrogens (tertiary/aromatic N) is 3. The third-order valence-electron chi connectivity index (χ3n) is 4.66. The van der Waals surface area contributed by atoms with Crippen LogP contribution in [0.5, 0.6) is 0 Å². The number of amides is 2. The molecule has 1 aromatic rings. The lowest BCUT2D eigenvalue weighted by Crippen LogP contribution is -2.51. The van der Waals surface area contributed by atoms with Gasteiger partial charge in [0.1, 0.15) is 6.54 Å². The van der Waals surface area contributed by atoms with E-state index in [1.165, 1.54) is 4.68 Å². The molecule has 4 N–H and O–H groups in total. The van der Waals surface area contributed by atoms with Gasteiger partial charge in [0.15, 0.2) is 0 Å². The second-order valence-electron chi connectivity index (χ2n) is 7.37. The summed E-state index contributed by atoms with van der Waals surface area (Å²) >= 11 is 0. The highest BCUT2D eigenvalue weighted by molar-refractivity contribution is 5.93. The highest BCUT2D eigenvalue weighted by atomic mass is 16.2. The molecule has 1 fully saturated rings. The normalized spacial score (nSPS) is 23.5. The zero-order valence-corrected chi connectivity index (χ0v) is 15.4. The van der Waals surface area contributed by atoms with E-state index in [0.717, 1.165) is 32.2 Å². The maximum Gasteiger partial charge on any atom is 0.241 e. The minimum atomic E-state index is -0.468. The maximum absolute atomic E-state index is 12.5. The fourth-order valence-corrected chi connectivity index (χ4v) is 3.15. The van der Waals surface area contributed by atoms with Crippen LogP contribution in [-0.2, 0) is 16.1 Å². The summed E-state index contributed by atoms with van der Waals surface area (Å²) in [5, 5.41) is 9.84. The average molecular weight is 350 g/mol. The predicted molar refractivity (Wildman–Crippen MR) is 97.0 cm³/mol. The molecule has 2 atom stereocenters. The van der Waals surface area contributed by atoms with E-state index >= 15 is 0 Å². The summed E-state index contributed by atoms with van der Waals surface area (Å²) in [4.78, 5) is 26.4. The van der Waals surface area contributed by atoms with Crippen molar-refractivity contribution >= 4 is 17.5 Å². The minimum Gasteiger partial charge on any atom is -0.353 e. The number of likely N-dealkylation sites (N-methyl/N-ethyl adjacent to an activating group) is 1. The van der Waals surface area contributed by atoms with E-state index in [2.05, 4.69) is 15.7 Å². The van der Waals surface area contributed by atoms with Gasteiger partial charge in [0.25, 0.3) is 0 Å². The number of anilines is 1. The fourth-order valence-electron chi connectivity index (χ4n) is 3.15. The van der Waals surface area contributed by atoms with E-state index in [1.54, 1.807) is 12.4 Å². The molecule has 1 heterocycles. The van der Waals surface area contributed by atoms with Crippen LogP contribution in [0.4, 0.5) is 5.69 Å². The minimum absolute atomic E-state index is 0.0697. The molecular weight excluding hydrogens is 320 g/mol. The summed E-state index contributed by atoms with van der Waals surface area (Å²) in [7, 11) is 3.90. The van der Waals surface area contributed by atoms with E-state index in [0.29, 0.717) is 12.2 Å². The van der Waals surface area contributed by atoms with E-state index in [9.17, 15) is 9.59 Å². The number of carbonyl (C=O) groups is 2. The predicted octanol–water partition coefficient (Wildman–Crippen LogP) is 0.407. The Hall–Kier alpha value is -1.93. The van der Waals surface area contributed by atoms with Crippen molar-refractivity contribution < 1.29 is 9.59 Å². The molecule has 0 bridgehead atoms. The van der Waals surface area contributed by atoms with Crippen LogP contribution < -0.4 is 16.4 Å². The molecule has 0 aromatic carbocycles. The Balaban J connectivity index is 1.84. The van der Waals surface area contributed by atoms with Crippen molar-refractivity contribution in [1.82, 2.24) is 20.0 Å². The smallest absolute Gasteiger partial charge is 0.241 e. The first-order valence-corrected chi connectivity index (χ1v) is 8.81. The van der Waals surface area contributed by atoms with Crippen molar-refractivity contribution in [3.8, 4) is 0 Å². The van der Waals surface area contributed by atoms with E-state index in [-0.39, 0.29) is 24.3 Å². The third kappa shape index (κ3) is 5.82. The third-order valence-corrected chi connectivity index (χ3v) is 4.66. The highest BCUT2D eigenvalue weighted by Crippen LogP contribution is 2.32. The summed E-state index contributed by atoms with van der Waals surface area (Å²) in [6, 6.07) is 0. The molecule has 0 saturated heterocycles. The second kappa shape index (κ2) is 8.44. The summed E-state index contributed by atoms with van der Waals surface area (Å²) in [6.45, 7) is 3.44. The summed E-state index contributed by atoms with van der Waals surface area (Å²) in [5.74, 6) is -0.372. The molecule has 2 unspecified atom stereocenters. The van der Waals surface area contributed by atoms with Crippen LogP contribution in [-0.4, -0.2) is 59.2 Å². The summed E-state index contributed by atoms with van der Waals surface area (Å²) in [6.07, 6.45) is 6.98. The van der Waals surface area contributed by atoms with Gasteiger partial charge in [0.2, 0.25) is 11.8 Å². The summed E-state index contributed by atoms with van der Waals surface area (Å²) < 4.78 is 1.52. The zero-order valence-electron chi connectivity index (χ0n) is 15.4. The number of rotatable bonds is 7. The lowest BCUT2D eigenvalue weighted by Gasteiger charge is -2.37. The monoisotopic (exact) mass is 350 g/mol. The van der Waals surface area contributed by atoms with Crippen molar-refractivity contribution in [2.45, 2.75) is 44.7 Å². The van der Waals surface area contributed by atoms with Gasteiger partial charge in [-0.25, -0.2) is 0 Å². The average Bonchev–Trinajstić information content (AvgIpc) is 2.93. The summed E-state index contributed by atoms with van der Waals surface area (Å²) in [5.41, 5.74) is 6.40. The van der Waals surface area contributed by atoms with E-state index in [4.69, 9.17) is 5.73 Å². The molecular formula is C17H30N6O2. The SMILES string of the molecule is CN(C)CCNC(=O)Cn1cc(NC(=O)C2CCCCC2(C)N)cn1. The van der Waals surface area contributed by atoms with Crippen LogP contribution in [0.2, 0.25) is 0 Å². The van der Waals surface area contributed by atoms with Crippen molar-refractivity contribution in [2.24, 2.45) is 11.7 Å². The first-order chi connectivity index (χ1) is 11.8. The van der Waals surface area contributed by atoms with Crippen LogP contribution in [0.1, 0.15) is 32.6 Å². The standard InChI is InChI=1S/C17H30N6O2/c1-17(18)7-5-4-6-14(17)16(25)21-13-10-20-23(11-13)12-15(24)19-8-9-22(2)3/h10-11,14H,4-9,12,18H2,1-3H3,(H,19,24)(H,21,25). The number of hydrogen-bond acceptors (Lipinski definition) is 5. The van der Waals surface area contributed by atoms with Crippen LogP contribution >= 0.6 is 0 Å². The van der Waals surface area contributed by atoms with Crippen LogP contribution in [0.3, 0.4) is 0 Å². The maximum atomic E-state index is 12.5. The first kappa shape index (κ1) is 19.4. The largest absolute Gasteiger partial charge is 0.353 e. The Morgan fingerprint density at radius 2 is 2.20 bits per heavy atom. The highest BCUT2D eigenvalue weighted by Gasteiger charge is 2.37. The molecule has 1 aliphatic rings. The number of hydrogen-bond donors (Lipinski definition) is 3. The van der Waals surface area contributed by atoms with E-state index < -0.39 is 5.54 Å². The second-order valence-corrected chi connectivity index (χ2v) is 7.37. The molecule has 0 radical (unpaired) electrons. The van der Waals surface area contributed by atoms with Crippen LogP contribution in [0.25, 0.3) is 0 Å². The number of aromatic nitrogens is 2. The lowest BCUT2D eigenvalue weighted by molar-refractivity contribution is -0.123. The fraction of sp³-hybridized carbons (Fsp3) is 0.706. The molecule has 1 aromatic heterocycles. The van der Waals surface area contributed by atoms with Crippen LogP contribution in [0, 0.1) is 5.92 Å². The van der Waals surface area contributed by atoms with Crippen molar-refractivity contribution in [2.75, 3.05) is 32.5 Å². The lowest BCUT2D eigenvalue weighted by atomic mass is 9.74. The Labute approximate surface area is 149 Å². The number of nitrogens with one attached hydrogen (secondary N) is 2. The first-order valence-electron chi connectivity index (χ1n) is 8.81. The molecule has 1 aliphatic carbocycles. The molecule has 8 heteroatoms. The van der Waals surface area contributed by atoms with Crippen molar-refractivity contribution in [3.05, 3.63) is 12.4 Å². The van der Waals surface area contributed by atoms with Gasteiger partial charge in [0, 0.05) is 24.8 Å². The van der Waals surface area contributed by atoms with Gasteiger partial charge in [-0.05, 0) is 33.9 Å². The van der Waals surface area contributed by atoms with Gasteiger partial charge in [0.05, 0.1) is 17.8 Å².